The highest BCUT2D eigenvalue weighted by atomic mass is 16.3. The molecule has 0 aromatic heterocycles. The van der Waals surface area contributed by atoms with Gasteiger partial charge in [0.25, 0.3) is 0 Å². The van der Waals surface area contributed by atoms with Crippen molar-refractivity contribution >= 4 is 5.91 Å². The number of hydrogen-bond acceptors (Lipinski definition) is 2. The summed E-state index contributed by atoms with van der Waals surface area (Å²) >= 11 is 0. The van der Waals surface area contributed by atoms with Crippen LogP contribution in [0.4, 0.5) is 0 Å². The molecule has 0 saturated heterocycles. The lowest BCUT2D eigenvalue weighted by Crippen LogP contribution is -2.46. The molecule has 3 heteroatoms. The fourth-order valence-corrected chi connectivity index (χ4v) is 2.54. The van der Waals surface area contributed by atoms with E-state index in [0.717, 1.165) is 19.3 Å². The molecule has 2 unspecified atom stereocenters. The van der Waals surface area contributed by atoms with Crippen LogP contribution in [0.15, 0.2) is 0 Å². The predicted octanol–water partition coefficient (Wildman–Crippen LogP) is 2.04. The first-order valence-corrected chi connectivity index (χ1v) is 6.27. The Kier molecular flexibility index (Phi) is 4.36. The molecule has 1 aliphatic rings. The number of aliphatic hydroxyl groups is 1. The largest absolute Gasteiger partial charge is 0.394 e. The van der Waals surface area contributed by atoms with Gasteiger partial charge in [0.15, 0.2) is 0 Å². The Morgan fingerprint density at radius 3 is 2.62 bits per heavy atom. The molecule has 94 valence electrons. The maximum atomic E-state index is 12.3. The summed E-state index contributed by atoms with van der Waals surface area (Å²) in [4.78, 5) is 14.0. The van der Waals surface area contributed by atoms with E-state index in [1.165, 1.54) is 6.42 Å². The Hall–Kier alpha value is -0.570. The maximum Gasteiger partial charge on any atom is 0.226 e. The van der Waals surface area contributed by atoms with Crippen LogP contribution in [-0.2, 0) is 4.79 Å². The monoisotopic (exact) mass is 227 g/mol. The minimum atomic E-state index is -0.0785. The molecule has 0 heterocycles. The van der Waals surface area contributed by atoms with Gasteiger partial charge in [-0.25, -0.2) is 0 Å². The van der Waals surface area contributed by atoms with Crippen LogP contribution in [0.1, 0.15) is 46.5 Å². The van der Waals surface area contributed by atoms with E-state index < -0.39 is 0 Å². The summed E-state index contributed by atoms with van der Waals surface area (Å²) in [5.74, 6) is 0.325. The number of carbonyl (C=O) groups is 1. The highest BCUT2D eigenvalue weighted by Crippen LogP contribution is 2.41. The van der Waals surface area contributed by atoms with Gasteiger partial charge in [0, 0.05) is 13.0 Å². The molecule has 3 nitrogen and oxygen atoms in total. The molecule has 1 saturated carbocycles. The number of nitrogens with zero attached hydrogens (tertiary/aromatic N) is 1. The van der Waals surface area contributed by atoms with Gasteiger partial charge in [-0.2, -0.15) is 0 Å². The van der Waals surface area contributed by atoms with E-state index in [-0.39, 0.29) is 29.9 Å². The molecule has 1 aliphatic carbocycles. The van der Waals surface area contributed by atoms with Crippen molar-refractivity contribution in [2.24, 2.45) is 11.3 Å². The zero-order valence-electron chi connectivity index (χ0n) is 11.0. The molecule has 0 aliphatic heterocycles. The van der Waals surface area contributed by atoms with Gasteiger partial charge >= 0.3 is 0 Å². The zero-order valence-corrected chi connectivity index (χ0v) is 11.0. The molecule has 1 N–H and O–H groups in total. The number of aliphatic hydroxyl groups excluding tert-OH is 1. The van der Waals surface area contributed by atoms with E-state index in [4.69, 9.17) is 5.11 Å². The molecule has 1 fully saturated rings. The van der Waals surface area contributed by atoms with Crippen molar-refractivity contribution in [3.05, 3.63) is 0 Å². The van der Waals surface area contributed by atoms with Crippen molar-refractivity contribution < 1.29 is 9.90 Å². The second kappa shape index (κ2) is 5.17. The van der Waals surface area contributed by atoms with Crippen LogP contribution in [0.2, 0.25) is 0 Å². The third-order valence-electron chi connectivity index (χ3n) is 4.08. The molecule has 16 heavy (non-hydrogen) atoms. The topological polar surface area (TPSA) is 40.5 Å². The highest BCUT2D eigenvalue weighted by molar-refractivity contribution is 5.79. The summed E-state index contributed by atoms with van der Waals surface area (Å²) in [6.07, 6.45) is 4.51. The van der Waals surface area contributed by atoms with Gasteiger partial charge < -0.3 is 10.0 Å². The first kappa shape index (κ1) is 13.5. The summed E-state index contributed by atoms with van der Waals surface area (Å²) in [6, 6.07) is -0.0785. The van der Waals surface area contributed by atoms with Gasteiger partial charge in [0.05, 0.1) is 12.6 Å². The quantitative estimate of drug-likeness (QED) is 0.801. The number of rotatable bonds is 3. The van der Waals surface area contributed by atoms with Gasteiger partial charge in [-0.3, -0.25) is 4.79 Å². The van der Waals surface area contributed by atoms with E-state index >= 15 is 0 Å². The van der Waals surface area contributed by atoms with Gasteiger partial charge in [-0.05, 0) is 25.2 Å². The predicted molar refractivity (Wildman–Crippen MR) is 65.1 cm³/mol. The Labute approximate surface area is 98.8 Å². The van der Waals surface area contributed by atoms with Crippen molar-refractivity contribution in [3.63, 3.8) is 0 Å². The summed E-state index contributed by atoms with van der Waals surface area (Å²) in [7, 11) is 1.80. The van der Waals surface area contributed by atoms with E-state index in [1.807, 2.05) is 6.92 Å². The third kappa shape index (κ3) is 2.76. The highest BCUT2D eigenvalue weighted by Gasteiger charge is 2.39. The van der Waals surface area contributed by atoms with Crippen molar-refractivity contribution in [2.75, 3.05) is 13.7 Å². The summed E-state index contributed by atoms with van der Waals surface area (Å²) in [5, 5.41) is 9.09. The lowest BCUT2D eigenvalue weighted by molar-refractivity contribution is -0.142. The van der Waals surface area contributed by atoms with Crippen LogP contribution in [0.3, 0.4) is 0 Å². The van der Waals surface area contributed by atoms with Gasteiger partial charge in [-0.1, -0.05) is 26.7 Å². The number of amides is 1. The minimum Gasteiger partial charge on any atom is -0.394 e. The van der Waals surface area contributed by atoms with Crippen molar-refractivity contribution in [2.45, 2.75) is 52.5 Å². The van der Waals surface area contributed by atoms with E-state index in [1.54, 1.807) is 11.9 Å². The van der Waals surface area contributed by atoms with Gasteiger partial charge in [0.1, 0.15) is 0 Å². The van der Waals surface area contributed by atoms with Crippen LogP contribution in [0, 0.1) is 11.3 Å². The SMILES string of the molecule is CC(CO)N(C)C(=O)C1CCCCC1(C)C. The van der Waals surface area contributed by atoms with E-state index in [9.17, 15) is 4.79 Å². The lowest BCUT2D eigenvalue weighted by atomic mass is 9.68. The van der Waals surface area contributed by atoms with Gasteiger partial charge in [-0.15, -0.1) is 0 Å². The van der Waals surface area contributed by atoms with Crippen LogP contribution in [0.25, 0.3) is 0 Å². The number of hydrogen-bond donors (Lipinski definition) is 1. The van der Waals surface area contributed by atoms with Crippen molar-refractivity contribution in [1.29, 1.82) is 0 Å². The van der Waals surface area contributed by atoms with Crippen LogP contribution < -0.4 is 0 Å². The van der Waals surface area contributed by atoms with E-state index in [2.05, 4.69) is 13.8 Å². The average Bonchev–Trinajstić information content (AvgIpc) is 2.25. The Bertz CT molecular complexity index is 250. The third-order valence-corrected chi connectivity index (χ3v) is 4.08. The van der Waals surface area contributed by atoms with Gasteiger partial charge in [0.2, 0.25) is 5.91 Å². The first-order chi connectivity index (χ1) is 7.40. The molecular formula is C13H25NO2. The normalized spacial score (nSPS) is 26.2. The summed E-state index contributed by atoms with van der Waals surface area (Å²) < 4.78 is 0. The summed E-state index contributed by atoms with van der Waals surface area (Å²) in [5.41, 5.74) is 0.110. The zero-order chi connectivity index (χ0) is 12.3. The maximum absolute atomic E-state index is 12.3. The number of likely N-dealkylation sites (N-methyl/N-ethyl adjacent to an activating group) is 1. The number of carbonyl (C=O) groups excluding carboxylic acids is 1. The first-order valence-electron chi connectivity index (χ1n) is 6.27. The Morgan fingerprint density at radius 2 is 2.12 bits per heavy atom. The van der Waals surface area contributed by atoms with Crippen molar-refractivity contribution in [3.8, 4) is 0 Å². The minimum absolute atomic E-state index is 0.0371. The molecule has 0 aromatic rings. The molecular weight excluding hydrogens is 202 g/mol. The second-order valence-corrected chi connectivity index (χ2v) is 5.77. The molecule has 0 radical (unpaired) electrons. The molecule has 2 atom stereocenters. The van der Waals surface area contributed by atoms with Crippen LogP contribution in [0.5, 0.6) is 0 Å². The fraction of sp³-hybridized carbons (Fsp3) is 0.923. The standard InChI is InChI=1S/C13H25NO2/c1-10(9-15)14(4)12(16)11-7-5-6-8-13(11,2)3/h10-11,15H,5-9H2,1-4H3. The average molecular weight is 227 g/mol. The molecule has 0 bridgehead atoms. The Balaban J connectivity index is 2.71. The molecule has 1 rings (SSSR count). The fourth-order valence-electron chi connectivity index (χ4n) is 2.54. The summed E-state index contributed by atoms with van der Waals surface area (Å²) in [6.45, 7) is 6.29. The lowest BCUT2D eigenvalue weighted by Gasteiger charge is -2.40. The molecule has 0 spiro atoms. The van der Waals surface area contributed by atoms with E-state index in [0.29, 0.717) is 0 Å². The van der Waals surface area contributed by atoms with Crippen LogP contribution in [-0.4, -0.2) is 35.6 Å². The van der Waals surface area contributed by atoms with Crippen LogP contribution >= 0.6 is 0 Å². The second-order valence-electron chi connectivity index (χ2n) is 5.77. The molecule has 1 amide bonds. The smallest absolute Gasteiger partial charge is 0.226 e. The van der Waals surface area contributed by atoms with Crippen molar-refractivity contribution in [1.82, 2.24) is 4.90 Å². The Morgan fingerprint density at radius 1 is 1.50 bits per heavy atom. The molecule has 0 aromatic carbocycles.